The molecule has 0 amide bonds. The highest BCUT2D eigenvalue weighted by atomic mass is 16.5. The molecule has 0 aliphatic carbocycles. The molecule has 3 aromatic heterocycles. The largest absolute Gasteiger partial charge is 0.481 e. The van der Waals surface area contributed by atoms with E-state index in [1.165, 1.54) is 0 Å². The number of aromatic nitrogens is 5. The van der Waals surface area contributed by atoms with Gasteiger partial charge in [-0.2, -0.15) is 0 Å². The van der Waals surface area contributed by atoms with Crippen LogP contribution in [0.4, 0.5) is 5.82 Å². The van der Waals surface area contributed by atoms with E-state index in [9.17, 15) is 0 Å². The van der Waals surface area contributed by atoms with Gasteiger partial charge in [-0.3, -0.25) is 0 Å². The Kier molecular flexibility index (Phi) is 3.17. The number of hydrogen-bond donors (Lipinski definition) is 1. The molecule has 0 aliphatic rings. The van der Waals surface area contributed by atoms with Crippen molar-refractivity contribution in [2.24, 2.45) is 0 Å². The van der Waals surface area contributed by atoms with Crippen molar-refractivity contribution < 1.29 is 4.74 Å². The van der Waals surface area contributed by atoms with E-state index >= 15 is 0 Å². The van der Waals surface area contributed by atoms with E-state index < -0.39 is 0 Å². The molecule has 0 bridgehead atoms. The fraction of sp³-hybridized carbons (Fsp3) is 0.286. The van der Waals surface area contributed by atoms with Gasteiger partial charge in [0.25, 0.3) is 0 Å². The first kappa shape index (κ1) is 13.3. The van der Waals surface area contributed by atoms with Crippen LogP contribution in [0.25, 0.3) is 22.6 Å². The summed E-state index contributed by atoms with van der Waals surface area (Å²) in [5, 5.41) is 0. The first-order valence-electron chi connectivity index (χ1n) is 6.60. The number of anilines is 1. The third-order valence-electron chi connectivity index (χ3n) is 3.21. The average Bonchev–Trinajstić information content (AvgIpc) is 2.92. The Labute approximate surface area is 121 Å². The topological polar surface area (TPSA) is 91.7 Å². The van der Waals surface area contributed by atoms with Crippen LogP contribution in [-0.4, -0.2) is 31.6 Å². The lowest BCUT2D eigenvalue weighted by molar-refractivity contribution is 0.398. The molecular weight excluding hydrogens is 268 g/mol. The lowest BCUT2D eigenvalue weighted by Gasteiger charge is -2.08. The maximum absolute atomic E-state index is 5.99. The number of rotatable bonds is 3. The third-order valence-corrected chi connectivity index (χ3v) is 3.21. The maximum atomic E-state index is 5.99. The van der Waals surface area contributed by atoms with Gasteiger partial charge in [0.15, 0.2) is 17.3 Å². The smallest absolute Gasteiger partial charge is 0.212 e. The summed E-state index contributed by atoms with van der Waals surface area (Å²) >= 11 is 0. The first-order valence-corrected chi connectivity index (χ1v) is 6.60. The van der Waals surface area contributed by atoms with Gasteiger partial charge >= 0.3 is 0 Å². The minimum atomic E-state index is 0.242. The summed E-state index contributed by atoms with van der Waals surface area (Å²) in [4.78, 5) is 17.3. The number of nitrogens with two attached hydrogens (primary N) is 1. The Morgan fingerprint density at radius 1 is 1.19 bits per heavy atom. The van der Waals surface area contributed by atoms with Gasteiger partial charge in [0.05, 0.1) is 13.4 Å². The minimum absolute atomic E-state index is 0.242. The number of pyridine rings is 1. The fourth-order valence-electron chi connectivity index (χ4n) is 2.08. The summed E-state index contributed by atoms with van der Waals surface area (Å²) in [7, 11) is 1.57. The number of nitrogens with zero attached hydrogens (tertiary/aromatic N) is 5. The zero-order valence-electron chi connectivity index (χ0n) is 12.1. The Morgan fingerprint density at radius 2 is 2.00 bits per heavy atom. The van der Waals surface area contributed by atoms with Gasteiger partial charge < -0.3 is 15.0 Å². The number of ether oxygens (including phenoxy) is 1. The van der Waals surface area contributed by atoms with Crippen molar-refractivity contribution in [1.82, 2.24) is 24.5 Å². The van der Waals surface area contributed by atoms with Crippen LogP contribution in [0, 0.1) is 0 Å². The van der Waals surface area contributed by atoms with Crippen molar-refractivity contribution in [1.29, 1.82) is 0 Å². The molecular formula is C14H16N6O. The molecule has 0 atom stereocenters. The lowest BCUT2D eigenvalue weighted by atomic mass is 10.2. The molecule has 3 rings (SSSR count). The Bertz CT molecular complexity index is 778. The van der Waals surface area contributed by atoms with Gasteiger partial charge in [-0.15, -0.1) is 0 Å². The maximum Gasteiger partial charge on any atom is 0.212 e. The van der Waals surface area contributed by atoms with Gasteiger partial charge in [-0.05, 0) is 19.9 Å². The third kappa shape index (κ3) is 2.26. The van der Waals surface area contributed by atoms with Gasteiger partial charge in [0.2, 0.25) is 5.88 Å². The van der Waals surface area contributed by atoms with E-state index in [1.54, 1.807) is 25.7 Å². The number of methoxy groups -OCH3 is 1. The zero-order chi connectivity index (χ0) is 15.0. The zero-order valence-corrected chi connectivity index (χ0v) is 12.1. The molecule has 7 nitrogen and oxygen atoms in total. The van der Waals surface area contributed by atoms with E-state index in [0.29, 0.717) is 23.0 Å². The van der Waals surface area contributed by atoms with Crippen LogP contribution in [0.2, 0.25) is 0 Å². The molecule has 0 aliphatic heterocycles. The molecule has 108 valence electrons. The van der Waals surface area contributed by atoms with Crippen LogP contribution in [0.1, 0.15) is 19.9 Å². The van der Waals surface area contributed by atoms with Gasteiger partial charge in [-0.1, -0.05) is 0 Å². The van der Waals surface area contributed by atoms with E-state index in [4.69, 9.17) is 10.5 Å². The molecule has 3 aromatic rings. The van der Waals surface area contributed by atoms with E-state index in [0.717, 1.165) is 11.2 Å². The highest BCUT2D eigenvalue weighted by Crippen LogP contribution is 2.24. The predicted octanol–water partition coefficient (Wildman–Crippen LogP) is 2.06. The fourth-order valence-corrected chi connectivity index (χ4v) is 2.08. The molecule has 2 N–H and O–H groups in total. The Balaban J connectivity index is 2.16. The molecule has 0 fully saturated rings. The monoisotopic (exact) mass is 284 g/mol. The summed E-state index contributed by atoms with van der Waals surface area (Å²) in [5.41, 5.74) is 8.12. The van der Waals surface area contributed by atoms with Crippen LogP contribution < -0.4 is 10.5 Å². The van der Waals surface area contributed by atoms with E-state index in [1.807, 2.05) is 10.6 Å². The van der Waals surface area contributed by atoms with E-state index in [2.05, 4.69) is 33.8 Å². The van der Waals surface area contributed by atoms with Crippen LogP contribution in [0.3, 0.4) is 0 Å². The molecule has 7 heteroatoms. The summed E-state index contributed by atoms with van der Waals surface area (Å²) < 4.78 is 7.01. The summed E-state index contributed by atoms with van der Waals surface area (Å²) in [5.74, 6) is 1.43. The first-order chi connectivity index (χ1) is 10.1. The summed E-state index contributed by atoms with van der Waals surface area (Å²) in [6.45, 7) is 4.13. The van der Waals surface area contributed by atoms with Crippen molar-refractivity contribution in [3.8, 4) is 17.3 Å². The molecule has 0 aromatic carbocycles. The quantitative estimate of drug-likeness (QED) is 0.791. The van der Waals surface area contributed by atoms with Crippen LogP contribution in [-0.2, 0) is 0 Å². The molecule has 0 spiro atoms. The summed E-state index contributed by atoms with van der Waals surface area (Å²) in [6, 6.07) is 3.85. The number of hydrogen-bond acceptors (Lipinski definition) is 6. The molecule has 0 unspecified atom stereocenters. The second-order valence-electron chi connectivity index (χ2n) is 4.94. The average molecular weight is 284 g/mol. The Morgan fingerprint density at radius 3 is 2.62 bits per heavy atom. The van der Waals surface area contributed by atoms with Crippen LogP contribution in [0.15, 0.2) is 24.7 Å². The van der Waals surface area contributed by atoms with Gasteiger partial charge in [0.1, 0.15) is 5.52 Å². The highest BCUT2D eigenvalue weighted by Gasteiger charge is 2.14. The SMILES string of the molecule is COc1ccc(-c2nc(N)c3ncn(C(C)C)c3n2)cn1. The van der Waals surface area contributed by atoms with Crippen molar-refractivity contribution in [3.05, 3.63) is 24.7 Å². The standard InChI is InChI=1S/C14H16N6O/c1-8(2)20-7-17-11-12(15)18-13(19-14(11)20)9-4-5-10(21-3)16-6-9/h4-8H,1-3H3,(H2,15,18,19). The van der Waals surface area contributed by atoms with Crippen LogP contribution in [0.5, 0.6) is 5.88 Å². The molecule has 21 heavy (non-hydrogen) atoms. The number of fused-ring (bicyclic) bond motifs is 1. The van der Waals surface area contributed by atoms with E-state index in [-0.39, 0.29) is 6.04 Å². The highest BCUT2D eigenvalue weighted by molar-refractivity contribution is 5.83. The summed E-state index contributed by atoms with van der Waals surface area (Å²) in [6.07, 6.45) is 3.39. The number of imidazole rings is 1. The van der Waals surface area contributed by atoms with Crippen molar-refractivity contribution in [2.45, 2.75) is 19.9 Å². The van der Waals surface area contributed by atoms with Gasteiger partial charge in [0, 0.05) is 23.9 Å². The normalized spacial score (nSPS) is 11.2. The molecule has 0 saturated carbocycles. The second-order valence-corrected chi connectivity index (χ2v) is 4.94. The van der Waals surface area contributed by atoms with Crippen molar-refractivity contribution >= 4 is 17.0 Å². The van der Waals surface area contributed by atoms with Crippen molar-refractivity contribution in [2.75, 3.05) is 12.8 Å². The van der Waals surface area contributed by atoms with Gasteiger partial charge in [-0.25, -0.2) is 19.9 Å². The Hall–Kier alpha value is -2.70. The predicted molar refractivity (Wildman–Crippen MR) is 79.9 cm³/mol. The van der Waals surface area contributed by atoms with Crippen molar-refractivity contribution in [3.63, 3.8) is 0 Å². The lowest BCUT2D eigenvalue weighted by Crippen LogP contribution is -2.03. The molecule has 3 heterocycles. The van der Waals surface area contributed by atoms with Crippen LogP contribution >= 0.6 is 0 Å². The molecule has 0 saturated heterocycles. The second kappa shape index (κ2) is 5.01. The number of nitrogen functional groups attached to an aromatic ring is 1. The molecule has 0 radical (unpaired) electrons. The minimum Gasteiger partial charge on any atom is -0.481 e.